The molecule has 2 atom stereocenters. The van der Waals surface area contributed by atoms with Crippen LogP contribution in [-0.2, 0) is 4.79 Å². The third kappa shape index (κ3) is 1.35. The Morgan fingerprint density at radius 1 is 1.38 bits per heavy atom. The smallest absolute Gasteiger partial charge is 0.328 e. The summed E-state index contributed by atoms with van der Waals surface area (Å²) in [6.45, 7) is 0. The van der Waals surface area contributed by atoms with E-state index >= 15 is 0 Å². The van der Waals surface area contributed by atoms with Crippen molar-refractivity contribution in [3.8, 4) is 5.75 Å². The van der Waals surface area contributed by atoms with Crippen LogP contribution in [0.25, 0.3) is 0 Å². The summed E-state index contributed by atoms with van der Waals surface area (Å²) in [5.74, 6) is -0.262. The minimum Gasteiger partial charge on any atom is -0.425 e. The number of fused-ring (bicyclic) bond motifs is 1. The van der Waals surface area contributed by atoms with Gasteiger partial charge in [0.25, 0.3) is 0 Å². The summed E-state index contributed by atoms with van der Waals surface area (Å²) < 4.78 is 18.4. The van der Waals surface area contributed by atoms with Gasteiger partial charge in [-0.15, -0.1) is 0 Å². The van der Waals surface area contributed by atoms with Gasteiger partial charge < -0.3 is 4.74 Å². The van der Waals surface area contributed by atoms with Crippen LogP contribution in [0.2, 0.25) is 0 Å². The van der Waals surface area contributed by atoms with Gasteiger partial charge in [0.15, 0.2) is 6.17 Å². The van der Waals surface area contributed by atoms with Crippen LogP contribution >= 0.6 is 15.9 Å². The van der Waals surface area contributed by atoms with Gasteiger partial charge in [0, 0.05) is 5.56 Å². The zero-order valence-corrected chi connectivity index (χ0v) is 8.12. The maximum atomic E-state index is 13.5. The molecule has 1 aliphatic heterocycles. The van der Waals surface area contributed by atoms with E-state index in [-0.39, 0.29) is 0 Å². The number of hydrogen-bond acceptors (Lipinski definition) is 2. The lowest BCUT2D eigenvalue weighted by Crippen LogP contribution is -2.29. The molecular weight excluding hydrogens is 239 g/mol. The minimum atomic E-state index is -1.32. The largest absolute Gasteiger partial charge is 0.425 e. The first-order valence-electron chi connectivity index (χ1n) is 3.79. The molecule has 0 saturated heterocycles. The van der Waals surface area contributed by atoms with Gasteiger partial charge >= 0.3 is 5.97 Å². The summed E-state index contributed by atoms with van der Waals surface area (Å²) >= 11 is 2.94. The number of rotatable bonds is 0. The second-order valence-corrected chi connectivity index (χ2v) is 3.75. The molecule has 0 radical (unpaired) electrons. The number of esters is 1. The maximum absolute atomic E-state index is 13.5. The maximum Gasteiger partial charge on any atom is 0.328 e. The molecule has 0 bridgehead atoms. The van der Waals surface area contributed by atoms with Gasteiger partial charge in [-0.05, 0) is 6.07 Å². The lowest BCUT2D eigenvalue weighted by atomic mass is 10.0. The number of ether oxygens (including phenoxy) is 1. The number of carbonyl (C=O) groups is 1. The molecule has 0 amide bonds. The highest BCUT2D eigenvalue weighted by Gasteiger charge is 2.35. The molecule has 2 unspecified atom stereocenters. The highest BCUT2D eigenvalue weighted by atomic mass is 79.9. The summed E-state index contributed by atoms with van der Waals surface area (Å²) in [5, 5.41) is 0. The van der Waals surface area contributed by atoms with Crippen molar-refractivity contribution in [3.05, 3.63) is 29.8 Å². The zero-order valence-electron chi connectivity index (χ0n) is 6.54. The van der Waals surface area contributed by atoms with Gasteiger partial charge in [-0.3, -0.25) is 4.79 Å². The van der Waals surface area contributed by atoms with Crippen LogP contribution in [0.15, 0.2) is 24.3 Å². The summed E-state index contributed by atoms with van der Waals surface area (Å²) in [6, 6.07) is 6.61. The van der Waals surface area contributed by atoms with E-state index in [0.29, 0.717) is 11.3 Å². The van der Waals surface area contributed by atoms with Gasteiger partial charge in [0.1, 0.15) is 10.6 Å². The molecule has 1 aromatic carbocycles. The van der Waals surface area contributed by atoms with Gasteiger partial charge in [0.2, 0.25) is 0 Å². The van der Waals surface area contributed by atoms with Gasteiger partial charge in [0.05, 0.1) is 0 Å². The molecule has 1 aliphatic rings. The van der Waals surface area contributed by atoms with Crippen LogP contribution in [0.1, 0.15) is 11.7 Å². The summed E-state index contributed by atoms with van der Waals surface area (Å²) in [7, 11) is 0. The number of hydrogen-bond donors (Lipinski definition) is 0. The van der Waals surface area contributed by atoms with E-state index in [1.165, 1.54) is 0 Å². The van der Waals surface area contributed by atoms with Crippen LogP contribution in [-0.4, -0.2) is 10.8 Å². The number of benzene rings is 1. The molecule has 2 rings (SSSR count). The van der Waals surface area contributed by atoms with Gasteiger partial charge in [-0.1, -0.05) is 34.1 Å². The van der Waals surface area contributed by atoms with Crippen LogP contribution in [0, 0.1) is 0 Å². The Kier molecular flexibility index (Phi) is 2.07. The van der Waals surface area contributed by atoms with Crippen LogP contribution < -0.4 is 4.74 Å². The standard InChI is InChI=1S/C9H6BrFO2/c10-7-8(11)5-3-1-2-4-6(5)13-9(7)12/h1-4,7-8H. The van der Waals surface area contributed by atoms with E-state index in [4.69, 9.17) is 4.74 Å². The van der Waals surface area contributed by atoms with Crippen molar-refractivity contribution in [1.82, 2.24) is 0 Å². The molecule has 0 aromatic heterocycles. The van der Waals surface area contributed by atoms with Crippen LogP contribution in [0.5, 0.6) is 5.75 Å². The van der Waals surface area contributed by atoms with E-state index in [1.54, 1.807) is 24.3 Å². The molecule has 0 aliphatic carbocycles. The Hall–Kier alpha value is -0.900. The average Bonchev–Trinajstić information content (AvgIpc) is 2.15. The second kappa shape index (κ2) is 3.10. The fraction of sp³-hybridized carbons (Fsp3) is 0.222. The summed E-state index contributed by atoms with van der Waals surface area (Å²) in [5.41, 5.74) is 0.420. The molecule has 0 saturated carbocycles. The van der Waals surface area contributed by atoms with Crippen molar-refractivity contribution < 1.29 is 13.9 Å². The number of carbonyl (C=O) groups excluding carboxylic acids is 1. The topological polar surface area (TPSA) is 26.3 Å². The van der Waals surface area contributed by atoms with E-state index in [1.807, 2.05) is 0 Å². The van der Waals surface area contributed by atoms with E-state index in [9.17, 15) is 9.18 Å². The summed E-state index contributed by atoms with van der Waals surface area (Å²) in [4.78, 5) is 10.2. The van der Waals surface area contributed by atoms with Crippen molar-refractivity contribution in [2.75, 3.05) is 0 Å². The molecular formula is C9H6BrFO2. The van der Waals surface area contributed by atoms with Crippen molar-refractivity contribution >= 4 is 21.9 Å². The molecule has 13 heavy (non-hydrogen) atoms. The Bertz CT molecular complexity index is 353. The number of halogens is 2. The van der Waals surface area contributed by atoms with Crippen LogP contribution in [0.4, 0.5) is 4.39 Å². The first-order chi connectivity index (χ1) is 6.20. The van der Waals surface area contributed by atoms with Gasteiger partial charge in [-0.25, -0.2) is 4.39 Å². The zero-order chi connectivity index (χ0) is 9.42. The monoisotopic (exact) mass is 244 g/mol. The first-order valence-corrected chi connectivity index (χ1v) is 4.70. The van der Waals surface area contributed by atoms with Gasteiger partial charge in [-0.2, -0.15) is 0 Å². The first kappa shape index (κ1) is 8.69. The number of alkyl halides is 2. The highest BCUT2D eigenvalue weighted by molar-refractivity contribution is 9.10. The number of para-hydroxylation sites is 1. The predicted octanol–water partition coefficient (Wildman–Crippen LogP) is 2.38. The quantitative estimate of drug-likeness (QED) is 0.398. The molecule has 4 heteroatoms. The van der Waals surface area contributed by atoms with Crippen molar-refractivity contribution in [2.24, 2.45) is 0 Å². The molecule has 2 nitrogen and oxygen atoms in total. The molecule has 0 spiro atoms. The Labute approximate surface area is 82.8 Å². The third-order valence-corrected chi connectivity index (χ3v) is 2.75. The molecule has 0 fully saturated rings. The fourth-order valence-electron chi connectivity index (χ4n) is 1.24. The SMILES string of the molecule is O=C1Oc2ccccc2C(F)C1Br. The molecule has 0 N–H and O–H groups in total. The fourth-order valence-corrected chi connectivity index (χ4v) is 1.62. The van der Waals surface area contributed by atoms with Crippen LogP contribution in [0.3, 0.4) is 0 Å². The predicted molar refractivity (Wildman–Crippen MR) is 48.6 cm³/mol. The minimum absolute atomic E-state index is 0.315. The Morgan fingerprint density at radius 3 is 2.85 bits per heavy atom. The van der Waals surface area contributed by atoms with E-state index < -0.39 is 17.0 Å². The van der Waals surface area contributed by atoms with Crippen molar-refractivity contribution in [2.45, 2.75) is 11.0 Å². The van der Waals surface area contributed by atoms with Crippen molar-refractivity contribution in [1.29, 1.82) is 0 Å². The molecule has 68 valence electrons. The summed E-state index contributed by atoms with van der Waals surface area (Å²) in [6.07, 6.45) is -1.32. The molecule has 1 aromatic rings. The lowest BCUT2D eigenvalue weighted by Gasteiger charge is -2.22. The van der Waals surface area contributed by atoms with E-state index in [0.717, 1.165) is 0 Å². The van der Waals surface area contributed by atoms with E-state index in [2.05, 4.69) is 15.9 Å². The van der Waals surface area contributed by atoms with Crippen molar-refractivity contribution in [3.63, 3.8) is 0 Å². The molecule has 1 heterocycles. The highest BCUT2D eigenvalue weighted by Crippen LogP contribution is 2.37. The Balaban J connectivity index is 2.49. The third-order valence-electron chi connectivity index (χ3n) is 1.91. The Morgan fingerprint density at radius 2 is 2.08 bits per heavy atom. The average molecular weight is 245 g/mol. The second-order valence-electron chi connectivity index (χ2n) is 2.76. The lowest BCUT2D eigenvalue weighted by molar-refractivity contribution is -0.136. The normalized spacial score (nSPS) is 26.5.